The molecule has 1 aliphatic heterocycles. The molecule has 28 heavy (non-hydrogen) atoms. The highest BCUT2D eigenvalue weighted by Crippen LogP contribution is 2.22. The Morgan fingerprint density at radius 3 is 2.71 bits per heavy atom. The van der Waals surface area contributed by atoms with E-state index in [1.165, 1.54) is 6.08 Å². The Morgan fingerprint density at radius 1 is 1.21 bits per heavy atom. The van der Waals surface area contributed by atoms with Gasteiger partial charge in [0, 0.05) is 43.4 Å². The first-order valence-corrected chi connectivity index (χ1v) is 9.95. The van der Waals surface area contributed by atoms with Gasteiger partial charge in [0.15, 0.2) is 0 Å². The lowest BCUT2D eigenvalue weighted by Crippen LogP contribution is -2.44. The third-order valence-electron chi connectivity index (χ3n) is 5.03. The molecule has 0 aliphatic carbocycles. The van der Waals surface area contributed by atoms with E-state index in [9.17, 15) is 9.59 Å². The Labute approximate surface area is 170 Å². The quantitative estimate of drug-likeness (QED) is 0.536. The molecule has 148 valence electrons. The van der Waals surface area contributed by atoms with E-state index in [4.69, 9.17) is 16.3 Å². The third kappa shape index (κ3) is 5.26. The van der Waals surface area contributed by atoms with E-state index >= 15 is 0 Å². The van der Waals surface area contributed by atoms with Crippen molar-refractivity contribution >= 4 is 29.6 Å². The van der Waals surface area contributed by atoms with Crippen LogP contribution in [0.3, 0.4) is 0 Å². The van der Waals surface area contributed by atoms with Gasteiger partial charge in [0.1, 0.15) is 5.69 Å². The maximum atomic E-state index is 12.8. The number of rotatable bonds is 6. The Hall–Kier alpha value is -2.53. The number of likely N-dealkylation sites (tertiary alicyclic amines) is 1. The van der Waals surface area contributed by atoms with E-state index < -0.39 is 0 Å². The Bertz CT molecular complexity index is 842. The summed E-state index contributed by atoms with van der Waals surface area (Å²) in [6.45, 7) is 1.05. The van der Waals surface area contributed by atoms with Crippen LogP contribution >= 0.6 is 11.6 Å². The fourth-order valence-electron chi connectivity index (χ4n) is 3.48. The molecule has 1 aromatic carbocycles. The zero-order chi connectivity index (χ0) is 19.9. The van der Waals surface area contributed by atoms with Crippen LogP contribution < -0.4 is 0 Å². The van der Waals surface area contributed by atoms with E-state index in [1.54, 1.807) is 18.2 Å². The van der Waals surface area contributed by atoms with Crippen LogP contribution in [0.4, 0.5) is 0 Å². The summed E-state index contributed by atoms with van der Waals surface area (Å²) in [6.07, 6.45) is 8.68. The van der Waals surface area contributed by atoms with Crippen molar-refractivity contribution in [2.24, 2.45) is 7.05 Å². The van der Waals surface area contributed by atoms with Gasteiger partial charge in [0.2, 0.25) is 0 Å². The van der Waals surface area contributed by atoms with Gasteiger partial charge in [0.25, 0.3) is 5.91 Å². The van der Waals surface area contributed by atoms with Crippen molar-refractivity contribution < 1.29 is 14.3 Å². The lowest BCUT2D eigenvalue weighted by molar-refractivity contribution is -0.138. The second kappa shape index (κ2) is 9.60. The predicted octanol–water partition coefficient (Wildman–Crippen LogP) is 4.32. The maximum Gasteiger partial charge on any atom is 0.330 e. The van der Waals surface area contributed by atoms with E-state index in [1.807, 2.05) is 47.0 Å². The minimum absolute atomic E-state index is 0.0474. The second-order valence-electron chi connectivity index (χ2n) is 6.99. The van der Waals surface area contributed by atoms with Crippen LogP contribution in [-0.2, 0) is 16.6 Å². The van der Waals surface area contributed by atoms with Crippen LogP contribution in [0.2, 0.25) is 5.02 Å². The molecule has 0 radical (unpaired) electrons. The van der Waals surface area contributed by atoms with Gasteiger partial charge in [-0.1, -0.05) is 23.7 Å². The van der Waals surface area contributed by atoms with E-state index in [2.05, 4.69) is 0 Å². The number of hydrogen-bond acceptors (Lipinski definition) is 3. The average molecular weight is 401 g/mol. The molecule has 2 aromatic rings. The van der Waals surface area contributed by atoms with E-state index in [0.29, 0.717) is 23.7 Å². The molecule has 1 aromatic heterocycles. The minimum atomic E-state index is -0.383. The number of amides is 1. The van der Waals surface area contributed by atoms with Crippen LogP contribution in [0.5, 0.6) is 0 Å². The number of benzene rings is 1. The number of hydrogen-bond donors (Lipinski definition) is 0. The van der Waals surface area contributed by atoms with Crippen LogP contribution in [0.15, 0.2) is 48.7 Å². The van der Waals surface area contributed by atoms with E-state index in [-0.39, 0.29) is 17.9 Å². The predicted molar refractivity (Wildman–Crippen MR) is 110 cm³/mol. The highest BCUT2D eigenvalue weighted by Gasteiger charge is 2.28. The molecule has 1 amide bonds. The van der Waals surface area contributed by atoms with Crippen molar-refractivity contribution in [3.63, 3.8) is 0 Å². The molecule has 3 rings (SSSR count). The molecule has 0 spiro atoms. The number of esters is 1. The SMILES string of the molecule is Cn1cccc1C(=O)N1CCCCC1CCOC(=O)C=Cc1ccc(Cl)cc1. The summed E-state index contributed by atoms with van der Waals surface area (Å²) < 4.78 is 7.18. The lowest BCUT2D eigenvalue weighted by atomic mass is 9.99. The molecule has 2 heterocycles. The number of aryl methyl sites for hydroxylation is 1. The fourth-order valence-corrected chi connectivity index (χ4v) is 3.61. The smallest absolute Gasteiger partial charge is 0.330 e. The van der Waals surface area contributed by atoms with Gasteiger partial charge in [-0.25, -0.2) is 4.79 Å². The molecule has 0 N–H and O–H groups in total. The van der Waals surface area contributed by atoms with Gasteiger partial charge in [-0.3, -0.25) is 4.79 Å². The van der Waals surface area contributed by atoms with Gasteiger partial charge < -0.3 is 14.2 Å². The summed E-state index contributed by atoms with van der Waals surface area (Å²) in [5, 5.41) is 0.654. The zero-order valence-electron chi connectivity index (χ0n) is 16.0. The van der Waals surface area contributed by atoms with Gasteiger partial charge in [-0.15, -0.1) is 0 Å². The first-order chi connectivity index (χ1) is 13.5. The largest absolute Gasteiger partial charge is 0.462 e. The highest BCUT2D eigenvalue weighted by atomic mass is 35.5. The van der Waals surface area contributed by atoms with Gasteiger partial charge in [-0.2, -0.15) is 0 Å². The fraction of sp³-hybridized carbons (Fsp3) is 0.364. The normalized spacial score (nSPS) is 17.1. The van der Waals surface area contributed by atoms with E-state index in [0.717, 1.165) is 31.4 Å². The van der Waals surface area contributed by atoms with Crippen molar-refractivity contribution in [3.05, 3.63) is 65.0 Å². The molecular formula is C22H25ClN2O3. The summed E-state index contributed by atoms with van der Waals surface area (Å²) in [5.41, 5.74) is 1.57. The molecule has 1 fully saturated rings. The number of carbonyl (C=O) groups excluding carboxylic acids is 2. The summed E-state index contributed by atoms with van der Waals surface area (Å²) in [6, 6.07) is 11.0. The molecule has 0 saturated carbocycles. The number of ether oxygens (including phenoxy) is 1. The summed E-state index contributed by atoms with van der Waals surface area (Å²) in [5.74, 6) is -0.336. The first-order valence-electron chi connectivity index (χ1n) is 9.57. The number of aromatic nitrogens is 1. The molecular weight excluding hydrogens is 376 g/mol. The average Bonchev–Trinajstić information content (AvgIpc) is 3.13. The molecule has 1 aliphatic rings. The van der Waals surface area contributed by atoms with Crippen molar-refractivity contribution in [1.29, 1.82) is 0 Å². The molecule has 6 heteroatoms. The van der Waals surface area contributed by atoms with Gasteiger partial charge >= 0.3 is 5.97 Å². The van der Waals surface area contributed by atoms with Gasteiger partial charge in [0.05, 0.1) is 6.61 Å². The molecule has 1 atom stereocenters. The number of halogens is 1. The molecule has 1 unspecified atom stereocenters. The first kappa shape index (κ1) is 20.2. The van der Waals surface area contributed by atoms with Crippen molar-refractivity contribution in [2.75, 3.05) is 13.2 Å². The van der Waals surface area contributed by atoms with Crippen LogP contribution in [-0.4, -0.2) is 40.5 Å². The highest BCUT2D eigenvalue weighted by molar-refractivity contribution is 6.30. The Morgan fingerprint density at radius 2 is 2.00 bits per heavy atom. The van der Waals surface area contributed by atoms with Crippen molar-refractivity contribution in [1.82, 2.24) is 9.47 Å². The minimum Gasteiger partial charge on any atom is -0.462 e. The molecule has 5 nitrogen and oxygen atoms in total. The van der Waals surface area contributed by atoms with Gasteiger partial charge in [-0.05, 0) is 55.2 Å². The summed E-state index contributed by atoms with van der Waals surface area (Å²) in [4.78, 5) is 26.7. The number of carbonyl (C=O) groups is 2. The molecule has 0 bridgehead atoms. The third-order valence-corrected chi connectivity index (χ3v) is 5.28. The number of piperidine rings is 1. The zero-order valence-corrected chi connectivity index (χ0v) is 16.8. The number of nitrogens with zero attached hydrogens (tertiary/aromatic N) is 2. The lowest BCUT2D eigenvalue weighted by Gasteiger charge is -2.35. The van der Waals surface area contributed by atoms with Crippen molar-refractivity contribution in [2.45, 2.75) is 31.7 Å². The summed E-state index contributed by atoms with van der Waals surface area (Å²) >= 11 is 5.85. The van der Waals surface area contributed by atoms with Crippen LogP contribution in [0, 0.1) is 0 Å². The van der Waals surface area contributed by atoms with Crippen LogP contribution in [0.25, 0.3) is 6.08 Å². The van der Waals surface area contributed by atoms with Crippen LogP contribution in [0.1, 0.15) is 41.7 Å². The monoisotopic (exact) mass is 400 g/mol. The molecule has 1 saturated heterocycles. The maximum absolute atomic E-state index is 12.8. The van der Waals surface area contributed by atoms with Crippen molar-refractivity contribution in [3.8, 4) is 0 Å². The second-order valence-corrected chi connectivity index (χ2v) is 7.43. The summed E-state index contributed by atoms with van der Waals surface area (Å²) in [7, 11) is 1.88. The Balaban J connectivity index is 1.50. The standard InChI is InChI=1S/C22H25ClN2O3/c1-24-14-4-6-20(24)22(27)25-15-3-2-5-19(25)13-16-28-21(26)12-9-17-7-10-18(23)11-8-17/h4,6-12,14,19H,2-3,5,13,15-16H2,1H3. The topological polar surface area (TPSA) is 51.5 Å². The Kier molecular flexibility index (Phi) is 6.93.